The molecule has 1 aliphatic carbocycles. The Morgan fingerprint density at radius 1 is 1.26 bits per heavy atom. The fraction of sp³-hybridized carbons (Fsp3) is 0.529. The van der Waals surface area contributed by atoms with E-state index in [-0.39, 0.29) is 0 Å². The Balaban J connectivity index is 2.02. The number of benzene rings is 1. The van der Waals surface area contributed by atoms with Crippen molar-refractivity contribution in [1.82, 2.24) is 4.57 Å². The van der Waals surface area contributed by atoms with Gasteiger partial charge in [-0.1, -0.05) is 31.5 Å². The zero-order valence-corrected chi connectivity index (χ0v) is 11.8. The molecule has 1 saturated carbocycles. The molecule has 0 bridgehead atoms. The second-order valence-electron chi connectivity index (χ2n) is 5.92. The summed E-state index contributed by atoms with van der Waals surface area (Å²) in [6.07, 6.45) is 8.50. The van der Waals surface area contributed by atoms with Crippen molar-refractivity contribution in [3.63, 3.8) is 0 Å². The minimum atomic E-state index is 0.395. The summed E-state index contributed by atoms with van der Waals surface area (Å²) >= 11 is 0. The van der Waals surface area contributed by atoms with Gasteiger partial charge in [-0.2, -0.15) is 0 Å². The van der Waals surface area contributed by atoms with Crippen LogP contribution in [0, 0.1) is 0 Å². The minimum absolute atomic E-state index is 0.395. The van der Waals surface area contributed by atoms with E-state index in [4.69, 9.17) is 5.73 Å². The molecule has 2 aromatic rings. The molecule has 2 atom stereocenters. The van der Waals surface area contributed by atoms with Crippen LogP contribution in [0.4, 0.5) is 0 Å². The first kappa shape index (κ1) is 12.7. The van der Waals surface area contributed by atoms with Crippen molar-refractivity contribution in [2.75, 3.05) is 0 Å². The van der Waals surface area contributed by atoms with Crippen LogP contribution in [-0.2, 0) is 6.54 Å². The topological polar surface area (TPSA) is 30.9 Å². The molecule has 0 saturated heterocycles. The van der Waals surface area contributed by atoms with Crippen molar-refractivity contribution < 1.29 is 0 Å². The maximum absolute atomic E-state index is 6.17. The zero-order chi connectivity index (χ0) is 13.2. The Bertz CT molecular complexity index is 555. The number of aromatic nitrogens is 1. The van der Waals surface area contributed by atoms with Gasteiger partial charge in [-0.05, 0) is 43.2 Å². The van der Waals surface area contributed by atoms with Crippen LogP contribution < -0.4 is 5.73 Å². The van der Waals surface area contributed by atoms with Crippen LogP contribution in [0.15, 0.2) is 30.5 Å². The minimum Gasteiger partial charge on any atom is -0.347 e. The molecule has 1 aliphatic rings. The van der Waals surface area contributed by atoms with Gasteiger partial charge >= 0.3 is 0 Å². The number of nitrogens with zero attached hydrogens (tertiary/aromatic N) is 1. The predicted octanol–water partition coefficient (Wildman–Crippen LogP) is 4.04. The molecule has 0 amide bonds. The molecule has 1 aromatic carbocycles. The summed E-state index contributed by atoms with van der Waals surface area (Å²) in [4.78, 5) is 0. The van der Waals surface area contributed by atoms with Gasteiger partial charge in [0.25, 0.3) is 0 Å². The van der Waals surface area contributed by atoms with Crippen LogP contribution >= 0.6 is 0 Å². The highest BCUT2D eigenvalue weighted by Crippen LogP contribution is 2.37. The number of rotatable bonds is 3. The number of hydrogen-bond donors (Lipinski definition) is 1. The number of para-hydroxylation sites is 1. The monoisotopic (exact) mass is 256 g/mol. The number of aryl methyl sites for hydroxylation is 1. The Hall–Kier alpha value is -1.28. The van der Waals surface area contributed by atoms with Crippen molar-refractivity contribution in [2.24, 2.45) is 5.73 Å². The lowest BCUT2D eigenvalue weighted by molar-refractivity contribution is 0.394. The van der Waals surface area contributed by atoms with E-state index in [1.54, 1.807) is 0 Å². The standard InChI is InChI=1S/C17H24N2/c1-2-10-19-12-16(13-6-5-7-14(18)11-13)15-8-3-4-9-17(15)19/h3-4,8-9,12-14H,2,5-7,10-11,18H2,1H3. The average molecular weight is 256 g/mol. The Morgan fingerprint density at radius 3 is 2.89 bits per heavy atom. The molecule has 2 heteroatoms. The number of hydrogen-bond acceptors (Lipinski definition) is 1. The van der Waals surface area contributed by atoms with Crippen molar-refractivity contribution in [2.45, 2.75) is 57.5 Å². The highest BCUT2D eigenvalue weighted by molar-refractivity contribution is 5.84. The third-order valence-corrected chi connectivity index (χ3v) is 4.44. The van der Waals surface area contributed by atoms with E-state index >= 15 is 0 Å². The first-order valence-electron chi connectivity index (χ1n) is 7.63. The van der Waals surface area contributed by atoms with Gasteiger partial charge in [-0.25, -0.2) is 0 Å². The first-order chi connectivity index (χ1) is 9.29. The molecular formula is C17H24N2. The Labute approximate surface area is 115 Å². The van der Waals surface area contributed by atoms with E-state index in [2.05, 4.69) is 42.0 Å². The largest absolute Gasteiger partial charge is 0.347 e. The molecule has 1 aromatic heterocycles. The molecule has 0 spiro atoms. The molecule has 2 nitrogen and oxygen atoms in total. The smallest absolute Gasteiger partial charge is 0.0483 e. The molecule has 3 rings (SSSR count). The summed E-state index contributed by atoms with van der Waals surface area (Å²) in [5, 5.41) is 1.44. The van der Waals surface area contributed by atoms with Crippen molar-refractivity contribution in [3.8, 4) is 0 Å². The van der Waals surface area contributed by atoms with Gasteiger partial charge in [-0.3, -0.25) is 0 Å². The summed E-state index contributed by atoms with van der Waals surface area (Å²) in [7, 11) is 0. The summed E-state index contributed by atoms with van der Waals surface area (Å²) in [5.41, 5.74) is 9.08. The molecule has 0 aliphatic heterocycles. The number of nitrogens with two attached hydrogens (primary N) is 1. The zero-order valence-electron chi connectivity index (χ0n) is 11.8. The summed E-state index contributed by atoms with van der Waals surface area (Å²) in [6.45, 7) is 3.35. The highest BCUT2D eigenvalue weighted by atomic mass is 15.0. The summed E-state index contributed by atoms with van der Waals surface area (Å²) in [6, 6.07) is 9.22. The molecule has 2 unspecified atom stereocenters. The van der Waals surface area contributed by atoms with Gasteiger partial charge in [0.15, 0.2) is 0 Å². The maximum atomic E-state index is 6.17. The third kappa shape index (κ3) is 2.42. The maximum Gasteiger partial charge on any atom is 0.0483 e. The first-order valence-corrected chi connectivity index (χ1v) is 7.63. The fourth-order valence-corrected chi connectivity index (χ4v) is 3.54. The van der Waals surface area contributed by atoms with Crippen LogP contribution in [0.5, 0.6) is 0 Å². The second kappa shape index (κ2) is 5.38. The molecule has 0 radical (unpaired) electrons. The van der Waals surface area contributed by atoms with Crippen LogP contribution in [0.2, 0.25) is 0 Å². The van der Waals surface area contributed by atoms with Crippen LogP contribution in [0.3, 0.4) is 0 Å². The van der Waals surface area contributed by atoms with Crippen molar-refractivity contribution in [1.29, 1.82) is 0 Å². The van der Waals surface area contributed by atoms with Crippen molar-refractivity contribution in [3.05, 3.63) is 36.0 Å². The van der Waals surface area contributed by atoms with Crippen LogP contribution in [-0.4, -0.2) is 10.6 Å². The Kier molecular flexibility index (Phi) is 3.61. The van der Waals surface area contributed by atoms with Gasteiger partial charge < -0.3 is 10.3 Å². The van der Waals surface area contributed by atoms with Gasteiger partial charge in [0.2, 0.25) is 0 Å². The van der Waals surface area contributed by atoms with E-state index in [0.29, 0.717) is 12.0 Å². The van der Waals surface area contributed by atoms with Crippen LogP contribution in [0.25, 0.3) is 10.9 Å². The van der Waals surface area contributed by atoms with E-state index in [0.717, 1.165) is 13.0 Å². The molecule has 19 heavy (non-hydrogen) atoms. The predicted molar refractivity (Wildman–Crippen MR) is 81.4 cm³/mol. The summed E-state index contributed by atoms with van der Waals surface area (Å²) < 4.78 is 2.42. The SMILES string of the molecule is CCCn1cc(C2CCCC(N)C2)c2ccccc21. The fourth-order valence-electron chi connectivity index (χ4n) is 3.54. The third-order valence-electron chi connectivity index (χ3n) is 4.44. The lowest BCUT2D eigenvalue weighted by Crippen LogP contribution is -2.26. The molecule has 102 valence electrons. The van der Waals surface area contributed by atoms with E-state index in [9.17, 15) is 0 Å². The van der Waals surface area contributed by atoms with Gasteiger partial charge in [0.1, 0.15) is 0 Å². The molecule has 2 N–H and O–H groups in total. The molecular weight excluding hydrogens is 232 g/mol. The van der Waals surface area contributed by atoms with Gasteiger partial charge in [0.05, 0.1) is 0 Å². The average Bonchev–Trinajstić information content (AvgIpc) is 2.79. The van der Waals surface area contributed by atoms with E-state index < -0.39 is 0 Å². The number of fused-ring (bicyclic) bond motifs is 1. The highest BCUT2D eigenvalue weighted by Gasteiger charge is 2.23. The van der Waals surface area contributed by atoms with E-state index in [1.165, 1.54) is 42.1 Å². The normalized spacial score (nSPS) is 23.9. The Morgan fingerprint density at radius 2 is 2.11 bits per heavy atom. The van der Waals surface area contributed by atoms with Crippen molar-refractivity contribution >= 4 is 10.9 Å². The summed E-state index contributed by atoms with van der Waals surface area (Å²) in [5.74, 6) is 0.659. The van der Waals surface area contributed by atoms with E-state index in [1.807, 2.05) is 0 Å². The quantitative estimate of drug-likeness (QED) is 0.883. The van der Waals surface area contributed by atoms with Gasteiger partial charge in [0, 0.05) is 29.7 Å². The second-order valence-corrected chi connectivity index (χ2v) is 5.92. The lowest BCUT2D eigenvalue weighted by Gasteiger charge is -2.26. The van der Waals surface area contributed by atoms with Crippen LogP contribution in [0.1, 0.15) is 50.5 Å². The van der Waals surface area contributed by atoms with Gasteiger partial charge in [-0.15, -0.1) is 0 Å². The molecule has 1 fully saturated rings. The molecule has 1 heterocycles. The lowest BCUT2D eigenvalue weighted by atomic mass is 9.81.